The van der Waals surface area contributed by atoms with E-state index in [2.05, 4.69) is 32.5 Å². The Morgan fingerprint density at radius 2 is 2.19 bits per heavy atom. The first-order valence-electron chi connectivity index (χ1n) is 8.77. The number of benzene rings is 1. The zero-order valence-electron chi connectivity index (χ0n) is 15.0. The van der Waals surface area contributed by atoms with Crippen molar-refractivity contribution >= 4 is 5.57 Å². The van der Waals surface area contributed by atoms with Gasteiger partial charge in [-0.3, -0.25) is 0 Å². The Hall–Kier alpha value is -2.54. The Kier molecular flexibility index (Phi) is 5.46. The monoisotopic (exact) mass is 357 g/mol. The number of aromatic nitrogens is 4. The summed E-state index contributed by atoms with van der Waals surface area (Å²) in [6.07, 6.45) is 2.50. The van der Waals surface area contributed by atoms with Crippen LogP contribution >= 0.6 is 0 Å². The third-order valence-electron chi connectivity index (χ3n) is 4.89. The Morgan fingerprint density at radius 1 is 1.38 bits per heavy atom. The molecular weight excluding hydrogens is 333 g/mol. The summed E-state index contributed by atoms with van der Waals surface area (Å²) in [6, 6.07) is 5.30. The van der Waals surface area contributed by atoms with Gasteiger partial charge in [0.15, 0.2) is 5.82 Å². The van der Waals surface area contributed by atoms with Crippen molar-refractivity contribution in [3.63, 3.8) is 0 Å². The number of tetrazole rings is 1. The van der Waals surface area contributed by atoms with Crippen LogP contribution in [-0.4, -0.2) is 38.8 Å². The molecule has 2 atom stereocenters. The number of aliphatic hydroxyl groups excluding tert-OH is 1. The molecule has 138 valence electrons. The zero-order chi connectivity index (χ0) is 18.7. The number of hydrogen-bond donors (Lipinski definition) is 3. The first kappa shape index (κ1) is 18.3. The topological polar surface area (TPSA) is 86.7 Å². The second-order valence-corrected chi connectivity index (χ2v) is 7.03. The summed E-state index contributed by atoms with van der Waals surface area (Å²) < 4.78 is 14.6. The van der Waals surface area contributed by atoms with E-state index in [1.807, 2.05) is 32.1 Å². The molecule has 0 unspecified atom stereocenters. The Morgan fingerprint density at radius 3 is 2.73 bits per heavy atom. The summed E-state index contributed by atoms with van der Waals surface area (Å²) in [6.45, 7) is 9.18. The average molecular weight is 357 g/mol. The normalized spacial score (nSPS) is 16.5. The van der Waals surface area contributed by atoms with E-state index in [-0.39, 0.29) is 29.3 Å². The molecule has 26 heavy (non-hydrogen) atoms. The van der Waals surface area contributed by atoms with Gasteiger partial charge < -0.3 is 10.4 Å². The first-order chi connectivity index (χ1) is 12.5. The molecule has 3 rings (SSSR count). The molecule has 2 heterocycles. The van der Waals surface area contributed by atoms with Gasteiger partial charge in [0.1, 0.15) is 5.82 Å². The largest absolute Gasteiger partial charge is 0.513 e. The second kappa shape index (κ2) is 7.78. The van der Waals surface area contributed by atoms with Gasteiger partial charge in [-0.25, -0.2) is 9.49 Å². The molecule has 0 saturated heterocycles. The van der Waals surface area contributed by atoms with Gasteiger partial charge in [0.2, 0.25) is 0 Å². The van der Waals surface area contributed by atoms with Crippen LogP contribution in [0.3, 0.4) is 0 Å². The number of nitrogens with one attached hydrogen (secondary N) is 2. The van der Waals surface area contributed by atoms with Gasteiger partial charge in [-0.05, 0) is 40.0 Å². The minimum atomic E-state index is -0.241. The maximum absolute atomic E-state index is 14.6. The van der Waals surface area contributed by atoms with Crippen molar-refractivity contribution in [3.05, 3.63) is 59.4 Å². The van der Waals surface area contributed by atoms with Crippen LogP contribution in [0.4, 0.5) is 4.39 Å². The molecule has 0 amide bonds. The number of rotatable bonds is 7. The van der Waals surface area contributed by atoms with Crippen molar-refractivity contribution in [1.29, 1.82) is 0 Å². The Labute approximate surface area is 152 Å². The van der Waals surface area contributed by atoms with Crippen molar-refractivity contribution in [2.75, 3.05) is 13.1 Å². The summed E-state index contributed by atoms with van der Waals surface area (Å²) in [4.78, 5) is 0. The molecule has 0 saturated carbocycles. The average Bonchev–Trinajstić information content (AvgIpc) is 3.27. The highest BCUT2D eigenvalue weighted by Gasteiger charge is 2.31. The Bertz CT molecular complexity index is 800. The molecule has 0 bridgehead atoms. The first-order valence-corrected chi connectivity index (χ1v) is 8.77. The van der Waals surface area contributed by atoms with E-state index >= 15 is 0 Å². The molecule has 0 fully saturated rings. The molecule has 1 aromatic heterocycles. The molecular formula is C19H24FN5O. The van der Waals surface area contributed by atoms with Crippen LogP contribution in [0.2, 0.25) is 0 Å². The van der Waals surface area contributed by atoms with E-state index in [9.17, 15) is 9.50 Å². The van der Waals surface area contributed by atoms with Gasteiger partial charge in [-0.1, -0.05) is 38.6 Å². The van der Waals surface area contributed by atoms with Gasteiger partial charge in [0, 0.05) is 30.5 Å². The third kappa shape index (κ3) is 3.83. The standard InChI is InChI=1S/C19H24FN5O/c1-11(2)18(12(3)26)16(19-22-24-25-23-19)8-13-4-5-15(17(20)9-13)14-6-7-21-10-14/h4-6,9,11,16,18,21,26H,3,7-8,10H2,1-2H3,(H,22,23,24,25)/t16-,18+/m0/s1. The predicted octanol–water partition coefficient (Wildman–Crippen LogP) is 3.00. The fraction of sp³-hybridized carbons (Fsp3) is 0.421. The molecule has 7 heteroatoms. The van der Waals surface area contributed by atoms with Crippen molar-refractivity contribution in [2.24, 2.45) is 11.8 Å². The van der Waals surface area contributed by atoms with Crippen molar-refractivity contribution in [2.45, 2.75) is 26.2 Å². The number of allylic oxidation sites excluding steroid dienone is 1. The van der Waals surface area contributed by atoms with Crippen LogP contribution < -0.4 is 5.32 Å². The molecule has 3 N–H and O–H groups in total. The molecule has 1 aliphatic rings. The number of aromatic amines is 1. The second-order valence-electron chi connectivity index (χ2n) is 7.03. The quantitative estimate of drug-likeness (QED) is 0.663. The van der Waals surface area contributed by atoms with E-state index < -0.39 is 0 Å². The minimum Gasteiger partial charge on any atom is -0.513 e. The lowest BCUT2D eigenvalue weighted by Gasteiger charge is -2.27. The zero-order valence-corrected chi connectivity index (χ0v) is 15.0. The van der Waals surface area contributed by atoms with Gasteiger partial charge >= 0.3 is 0 Å². The molecule has 0 radical (unpaired) electrons. The SMILES string of the molecule is C=C(O)[C@@H](C(C)C)[C@H](Cc1ccc(C2=CCNC2)c(F)c1)c1nnn[nH]1. The van der Waals surface area contributed by atoms with Gasteiger partial charge in [-0.2, -0.15) is 0 Å². The van der Waals surface area contributed by atoms with E-state index in [4.69, 9.17) is 0 Å². The molecule has 0 aliphatic carbocycles. The molecule has 6 nitrogen and oxygen atoms in total. The maximum Gasteiger partial charge on any atom is 0.152 e. The van der Waals surface area contributed by atoms with E-state index in [0.717, 1.165) is 17.7 Å². The molecule has 1 aliphatic heterocycles. The smallest absolute Gasteiger partial charge is 0.152 e. The van der Waals surface area contributed by atoms with Gasteiger partial charge in [-0.15, -0.1) is 5.10 Å². The van der Waals surface area contributed by atoms with Crippen LogP contribution in [-0.2, 0) is 6.42 Å². The summed E-state index contributed by atoms with van der Waals surface area (Å²) >= 11 is 0. The van der Waals surface area contributed by atoms with E-state index in [1.165, 1.54) is 0 Å². The van der Waals surface area contributed by atoms with Crippen molar-refractivity contribution in [3.8, 4) is 0 Å². The molecule has 2 aromatic rings. The number of nitrogens with zero attached hydrogens (tertiary/aromatic N) is 3. The fourth-order valence-electron chi connectivity index (χ4n) is 3.68. The van der Waals surface area contributed by atoms with Crippen LogP contribution in [0, 0.1) is 17.7 Å². The molecule has 1 aromatic carbocycles. The molecule has 0 spiro atoms. The number of aliphatic hydroxyl groups is 1. The number of hydrogen-bond acceptors (Lipinski definition) is 5. The Balaban J connectivity index is 1.89. The lowest BCUT2D eigenvalue weighted by Crippen LogP contribution is -2.23. The van der Waals surface area contributed by atoms with Crippen LogP contribution in [0.5, 0.6) is 0 Å². The highest BCUT2D eigenvalue weighted by atomic mass is 19.1. The van der Waals surface area contributed by atoms with Crippen molar-refractivity contribution in [1.82, 2.24) is 25.9 Å². The van der Waals surface area contributed by atoms with Crippen molar-refractivity contribution < 1.29 is 9.50 Å². The summed E-state index contributed by atoms with van der Waals surface area (Å²) in [5, 5.41) is 27.4. The van der Waals surface area contributed by atoms with Crippen LogP contribution in [0.25, 0.3) is 5.57 Å². The van der Waals surface area contributed by atoms with Crippen LogP contribution in [0.15, 0.2) is 36.6 Å². The number of halogens is 1. The van der Waals surface area contributed by atoms with Gasteiger partial charge in [0.05, 0.1) is 5.76 Å². The van der Waals surface area contributed by atoms with E-state index in [0.29, 0.717) is 24.4 Å². The predicted molar refractivity (Wildman–Crippen MR) is 98.0 cm³/mol. The highest BCUT2D eigenvalue weighted by Crippen LogP contribution is 2.35. The maximum atomic E-state index is 14.6. The minimum absolute atomic E-state index is 0.0840. The third-order valence-corrected chi connectivity index (χ3v) is 4.89. The summed E-state index contributed by atoms with van der Waals surface area (Å²) in [7, 11) is 0. The van der Waals surface area contributed by atoms with Gasteiger partial charge in [0.25, 0.3) is 0 Å². The summed E-state index contributed by atoms with van der Waals surface area (Å²) in [5.41, 5.74) is 2.43. The highest BCUT2D eigenvalue weighted by molar-refractivity contribution is 5.69. The fourth-order valence-corrected chi connectivity index (χ4v) is 3.68. The summed E-state index contributed by atoms with van der Waals surface area (Å²) in [5.74, 6) is 0.0679. The lowest BCUT2D eigenvalue weighted by atomic mass is 9.78. The number of H-pyrrole nitrogens is 1. The lowest BCUT2D eigenvalue weighted by molar-refractivity contribution is 0.243. The van der Waals surface area contributed by atoms with E-state index in [1.54, 1.807) is 6.07 Å². The van der Waals surface area contributed by atoms with Crippen LogP contribution in [0.1, 0.15) is 36.7 Å².